The molecule has 0 spiro atoms. The molecule has 1 atom stereocenters. The van der Waals surface area contributed by atoms with Crippen molar-refractivity contribution >= 4 is 28.9 Å². The maximum Gasteiger partial charge on any atom is 0.224 e. The van der Waals surface area contributed by atoms with Gasteiger partial charge in [0, 0.05) is 25.2 Å². The summed E-state index contributed by atoms with van der Waals surface area (Å²) in [5, 5.41) is 3.30. The van der Waals surface area contributed by atoms with Crippen LogP contribution in [0, 0.1) is 5.92 Å². The van der Waals surface area contributed by atoms with Crippen molar-refractivity contribution in [2.75, 3.05) is 24.8 Å². The number of methoxy groups -OCH3 is 1. The highest BCUT2D eigenvalue weighted by Gasteiger charge is 2.10. The van der Waals surface area contributed by atoms with Gasteiger partial charge in [-0.1, -0.05) is 18.5 Å². The quantitative estimate of drug-likeness (QED) is 0.796. The molecule has 1 amide bonds. The number of nitrogens with one attached hydrogen (secondary N) is 1. The van der Waals surface area contributed by atoms with Crippen LogP contribution in [0.1, 0.15) is 13.3 Å². The van der Waals surface area contributed by atoms with E-state index in [0.717, 1.165) is 0 Å². The highest BCUT2D eigenvalue weighted by Crippen LogP contribution is 2.22. The molecule has 0 aliphatic carbocycles. The summed E-state index contributed by atoms with van der Waals surface area (Å²) < 4.78 is 4.97. The first-order valence-electron chi connectivity index (χ1n) is 5.36. The van der Waals surface area contributed by atoms with Gasteiger partial charge in [-0.3, -0.25) is 4.79 Å². The molecular weight excluding hydrogens is 240 g/mol. The third kappa shape index (κ3) is 4.63. The molecule has 17 heavy (non-hydrogen) atoms. The molecule has 0 radical (unpaired) electrons. The van der Waals surface area contributed by atoms with Crippen LogP contribution in [-0.2, 0) is 9.53 Å². The van der Waals surface area contributed by atoms with Gasteiger partial charge < -0.3 is 15.8 Å². The molecule has 0 heterocycles. The van der Waals surface area contributed by atoms with Crippen molar-refractivity contribution in [2.24, 2.45) is 5.92 Å². The first-order chi connectivity index (χ1) is 8.02. The maximum atomic E-state index is 11.7. The van der Waals surface area contributed by atoms with Gasteiger partial charge in [-0.25, -0.2) is 0 Å². The molecule has 0 aromatic heterocycles. The molecule has 0 bridgehead atoms. The number of hydrogen-bond donors (Lipinski definition) is 2. The van der Waals surface area contributed by atoms with Crippen LogP contribution in [-0.4, -0.2) is 19.6 Å². The van der Waals surface area contributed by atoms with Crippen LogP contribution in [0.5, 0.6) is 0 Å². The topological polar surface area (TPSA) is 64.3 Å². The third-order valence-corrected chi connectivity index (χ3v) is 2.51. The molecule has 5 heteroatoms. The van der Waals surface area contributed by atoms with Gasteiger partial charge in [-0.05, 0) is 24.1 Å². The molecule has 3 N–H and O–H groups in total. The molecule has 0 saturated heterocycles. The molecule has 0 saturated carbocycles. The Bertz CT molecular complexity index is 396. The van der Waals surface area contributed by atoms with Crippen LogP contribution < -0.4 is 11.1 Å². The minimum absolute atomic E-state index is 0.0800. The average molecular weight is 257 g/mol. The van der Waals surface area contributed by atoms with Crippen LogP contribution in [0.3, 0.4) is 0 Å². The standard InChI is InChI=1S/C12H17ClN2O2/c1-8(7-17-2)5-12(16)15-11-4-3-9(13)6-10(11)14/h3-4,6,8H,5,7,14H2,1-2H3,(H,15,16). The number of benzene rings is 1. The molecule has 94 valence electrons. The molecular formula is C12H17ClN2O2. The summed E-state index contributed by atoms with van der Waals surface area (Å²) in [7, 11) is 1.62. The molecule has 1 aromatic carbocycles. The molecule has 0 fully saturated rings. The Morgan fingerprint density at radius 3 is 2.88 bits per heavy atom. The van der Waals surface area contributed by atoms with E-state index in [1.165, 1.54) is 0 Å². The number of carbonyl (C=O) groups excluding carboxylic acids is 1. The van der Waals surface area contributed by atoms with Gasteiger partial charge in [0.15, 0.2) is 0 Å². The minimum Gasteiger partial charge on any atom is -0.397 e. The zero-order chi connectivity index (χ0) is 12.8. The zero-order valence-electron chi connectivity index (χ0n) is 10.00. The van der Waals surface area contributed by atoms with Crippen LogP contribution in [0.2, 0.25) is 5.02 Å². The van der Waals surface area contributed by atoms with Gasteiger partial charge in [-0.15, -0.1) is 0 Å². The second-order valence-corrected chi connectivity index (χ2v) is 4.48. The van der Waals surface area contributed by atoms with E-state index in [2.05, 4.69) is 5.32 Å². The molecule has 4 nitrogen and oxygen atoms in total. The van der Waals surface area contributed by atoms with Crippen molar-refractivity contribution in [3.8, 4) is 0 Å². The lowest BCUT2D eigenvalue weighted by molar-refractivity contribution is -0.117. The Kier molecular flexibility index (Phi) is 5.25. The molecule has 1 unspecified atom stereocenters. The summed E-state index contributed by atoms with van der Waals surface area (Å²) in [6.45, 7) is 2.51. The van der Waals surface area contributed by atoms with Gasteiger partial charge in [0.25, 0.3) is 0 Å². The largest absolute Gasteiger partial charge is 0.397 e. The Hall–Kier alpha value is -1.26. The molecule has 1 rings (SSSR count). The first-order valence-corrected chi connectivity index (χ1v) is 5.74. The Morgan fingerprint density at radius 2 is 2.29 bits per heavy atom. The van der Waals surface area contributed by atoms with Crippen LogP contribution in [0.15, 0.2) is 18.2 Å². The maximum absolute atomic E-state index is 11.7. The van der Waals surface area contributed by atoms with E-state index in [0.29, 0.717) is 29.4 Å². The number of carbonyl (C=O) groups is 1. The average Bonchev–Trinajstić information content (AvgIpc) is 2.22. The predicted octanol–water partition coefficient (Wildman–Crippen LogP) is 2.53. The highest BCUT2D eigenvalue weighted by atomic mass is 35.5. The zero-order valence-corrected chi connectivity index (χ0v) is 10.8. The summed E-state index contributed by atoms with van der Waals surface area (Å²) in [5.74, 6) is 0.0945. The number of halogens is 1. The van der Waals surface area contributed by atoms with Crippen molar-refractivity contribution in [1.29, 1.82) is 0 Å². The summed E-state index contributed by atoms with van der Waals surface area (Å²) in [6.07, 6.45) is 0.399. The molecule has 0 aliphatic heterocycles. The normalized spacial score (nSPS) is 12.2. The lowest BCUT2D eigenvalue weighted by Crippen LogP contribution is -2.18. The summed E-state index contributed by atoms with van der Waals surface area (Å²) in [5.41, 5.74) is 6.79. The van der Waals surface area contributed by atoms with Gasteiger partial charge in [-0.2, -0.15) is 0 Å². The van der Waals surface area contributed by atoms with Crippen molar-refractivity contribution in [2.45, 2.75) is 13.3 Å². The summed E-state index contributed by atoms with van der Waals surface area (Å²) in [6, 6.07) is 4.98. The van der Waals surface area contributed by atoms with E-state index >= 15 is 0 Å². The fourth-order valence-corrected chi connectivity index (χ4v) is 1.69. The van der Waals surface area contributed by atoms with E-state index in [-0.39, 0.29) is 11.8 Å². The smallest absolute Gasteiger partial charge is 0.224 e. The van der Waals surface area contributed by atoms with Crippen molar-refractivity contribution in [1.82, 2.24) is 0 Å². The second kappa shape index (κ2) is 6.47. The molecule has 1 aromatic rings. The van der Waals surface area contributed by atoms with E-state index in [1.807, 2.05) is 6.92 Å². The monoisotopic (exact) mass is 256 g/mol. The Morgan fingerprint density at radius 1 is 1.59 bits per heavy atom. The van der Waals surface area contributed by atoms with Gasteiger partial charge >= 0.3 is 0 Å². The fraction of sp³-hybridized carbons (Fsp3) is 0.417. The SMILES string of the molecule is COCC(C)CC(=O)Nc1ccc(Cl)cc1N. The van der Waals surface area contributed by atoms with Crippen LogP contribution >= 0.6 is 11.6 Å². The number of nitrogen functional groups attached to an aromatic ring is 1. The van der Waals surface area contributed by atoms with Crippen molar-refractivity contribution in [3.63, 3.8) is 0 Å². The third-order valence-electron chi connectivity index (χ3n) is 2.27. The second-order valence-electron chi connectivity index (χ2n) is 4.04. The van der Waals surface area contributed by atoms with Gasteiger partial charge in [0.05, 0.1) is 11.4 Å². The number of hydrogen-bond acceptors (Lipinski definition) is 3. The van der Waals surface area contributed by atoms with E-state index in [9.17, 15) is 4.79 Å². The first kappa shape index (κ1) is 13.8. The van der Waals surface area contributed by atoms with E-state index in [4.69, 9.17) is 22.1 Å². The van der Waals surface area contributed by atoms with Crippen LogP contribution in [0.4, 0.5) is 11.4 Å². The Balaban J connectivity index is 2.56. The van der Waals surface area contributed by atoms with Crippen molar-refractivity contribution < 1.29 is 9.53 Å². The number of nitrogens with two attached hydrogens (primary N) is 1. The van der Waals surface area contributed by atoms with Crippen molar-refractivity contribution in [3.05, 3.63) is 23.2 Å². The van der Waals surface area contributed by atoms with Crippen LogP contribution in [0.25, 0.3) is 0 Å². The van der Waals surface area contributed by atoms with Gasteiger partial charge in [0.1, 0.15) is 0 Å². The lowest BCUT2D eigenvalue weighted by atomic mass is 10.1. The highest BCUT2D eigenvalue weighted by molar-refractivity contribution is 6.31. The molecule has 0 aliphatic rings. The van der Waals surface area contributed by atoms with E-state index < -0.39 is 0 Å². The van der Waals surface area contributed by atoms with Gasteiger partial charge in [0.2, 0.25) is 5.91 Å². The number of amides is 1. The number of anilines is 2. The number of rotatable bonds is 5. The fourth-order valence-electron chi connectivity index (χ4n) is 1.51. The predicted molar refractivity (Wildman–Crippen MR) is 70.2 cm³/mol. The number of ether oxygens (including phenoxy) is 1. The minimum atomic E-state index is -0.0800. The lowest BCUT2D eigenvalue weighted by Gasteiger charge is -2.12. The van der Waals surface area contributed by atoms with E-state index in [1.54, 1.807) is 25.3 Å². The summed E-state index contributed by atoms with van der Waals surface area (Å²) in [4.78, 5) is 11.7. The summed E-state index contributed by atoms with van der Waals surface area (Å²) >= 11 is 5.77. The Labute approximate surface area is 106 Å².